The molecule has 0 radical (unpaired) electrons. The van der Waals surface area contributed by atoms with Crippen LogP contribution in [0.1, 0.15) is 31.4 Å². The van der Waals surface area contributed by atoms with Gasteiger partial charge in [-0.25, -0.2) is 12.8 Å². The number of aryl methyl sites for hydroxylation is 1. The number of nitrogens with one attached hydrogen (secondary N) is 1. The minimum absolute atomic E-state index is 0.00637. The maximum absolute atomic E-state index is 13.9. The van der Waals surface area contributed by atoms with Crippen LogP contribution in [0, 0.1) is 12.7 Å². The van der Waals surface area contributed by atoms with Crippen molar-refractivity contribution in [1.82, 2.24) is 10.2 Å². The molecule has 0 spiro atoms. The van der Waals surface area contributed by atoms with Gasteiger partial charge in [-0.3, -0.25) is 13.9 Å². The summed E-state index contributed by atoms with van der Waals surface area (Å²) in [6.07, 6.45) is 0.296. The molecular formula is C28H31ClFN3O4S. The van der Waals surface area contributed by atoms with Gasteiger partial charge in [0.25, 0.3) is 10.0 Å². The van der Waals surface area contributed by atoms with Gasteiger partial charge in [-0.2, -0.15) is 0 Å². The Morgan fingerprint density at radius 3 is 2.24 bits per heavy atom. The zero-order chi connectivity index (χ0) is 27.9. The Bertz CT molecular complexity index is 1370. The summed E-state index contributed by atoms with van der Waals surface area (Å²) in [4.78, 5) is 28.2. The molecule has 7 nitrogen and oxygen atoms in total. The first-order valence-electron chi connectivity index (χ1n) is 12.2. The summed E-state index contributed by atoms with van der Waals surface area (Å²) in [5, 5.41) is 3.17. The fourth-order valence-electron chi connectivity index (χ4n) is 4.13. The number of rotatable bonds is 11. The summed E-state index contributed by atoms with van der Waals surface area (Å²) >= 11 is 6.12. The number of anilines is 1. The Hall–Kier alpha value is -3.43. The Morgan fingerprint density at radius 2 is 1.66 bits per heavy atom. The van der Waals surface area contributed by atoms with Crippen LogP contribution in [0.5, 0.6) is 0 Å². The van der Waals surface area contributed by atoms with Crippen LogP contribution >= 0.6 is 11.6 Å². The number of carbonyl (C=O) groups is 2. The minimum atomic E-state index is -4.17. The van der Waals surface area contributed by atoms with E-state index in [1.54, 1.807) is 57.2 Å². The first kappa shape index (κ1) is 29.1. The topological polar surface area (TPSA) is 86.8 Å². The molecule has 1 atom stereocenters. The molecule has 0 saturated carbocycles. The summed E-state index contributed by atoms with van der Waals surface area (Å²) in [5.41, 5.74) is 1.45. The summed E-state index contributed by atoms with van der Waals surface area (Å²) in [6, 6.07) is 17.3. The van der Waals surface area contributed by atoms with Crippen LogP contribution in [0.4, 0.5) is 10.1 Å². The first-order valence-corrected chi connectivity index (χ1v) is 14.1. The lowest BCUT2D eigenvalue weighted by Gasteiger charge is -2.33. The maximum Gasteiger partial charge on any atom is 0.264 e. The number of likely N-dealkylation sites (N-methyl/N-ethyl adjacent to an activating group) is 1. The molecule has 0 fully saturated rings. The van der Waals surface area contributed by atoms with Crippen LogP contribution in [0.15, 0.2) is 77.7 Å². The Morgan fingerprint density at radius 1 is 1.00 bits per heavy atom. The molecule has 3 aromatic carbocycles. The van der Waals surface area contributed by atoms with Crippen molar-refractivity contribution in [2.75, 3.05) is 17.4 Å². The van der Waals surface area contributed by atoms with Gasteiger partial charge in [0.05, 0.1) is 10.6 Å². The van der Waals surface area contributed by atoms with E-state index in [-0.39, 0.29) is 17.3 Å². The average Bonchev–Trinajstić information content (AvgIpc) is 2.89. The predicted molar refractivity (Wildman–Crippen MR) is 147 cm³/mol. The third kappa shape index (κ3) is 6.90. The standard InChI is InChI=1S/C28H31ClFN3O4S/c1-4-25(28(35)31-5-2)32(18-21-11-14-23(30)15-12-21)27(34)19-33(26-16-13-22(29)17-20(26)3)38(36,37)24-9-7-6-8-10-24/h6-17,25H,4-5,18-19H2,1-3H3,(H,31,35)/t25-/m1/s1. The molecule has 10 heteroatoms. The Kier molecular flexibility index (Phi) is 9.88. The van der Waals surface area contributed by atoms with E-state index in [9.17, 15) is 22.4 Å². The number of hydrogen-bond acceptors (Lipinski definition) is 4. The molecular weight excluding hydrogens is 529 g/mol. The normalized spacial score (nSPS) is 12.0. The van der Waals surface area contributed by atoms with E-state index < -0.39 is 34.3 Å². The van der Waals surface area contributed by atoms with Gasteiger partial charge in [0.2, 0.25) is 11.8 Å². The van der Waals surface area contributed by atoms with Crippen LogP contribution in [-0.4, -0.2) is 44.3 Å². The molecule has 0 aliphatic heterocycles. The Balaban J connectivity index is 2.08. The molecule has 0 aromatic heterocycles. The maximum atomic E-state index is 13.9. The van der Waals surface area contributed by atoms with E-state index in [1.807, 2.05) is 0 Å². The number of sulfonamides is 1. The number of hydrogen-bond donors (Lipinski definition) is 1. The van der Waals surface area contributed by atoms with Crippen molar-refractivity contribution in [3.8, 4) is 0 Å². The van der Waals surface area contributed by atoms with Crippen molar-refractivity contribution in [3.63, 3.8) is 0 Å². The molecule has 0 unspecified atom stereocenters. The summed E-state index contributed by atoms with van der Waals surface area (Å²) in [6.45, 7) is 5.05. The lowest BCUT2D eigenvalue weighted by atomic mass is 10.1. The second-order valence-corrected chi connectivity index (χ2v) is 11.0. The lowest BCUT2D eigenvalue weighted by molar-refractivity contribution is -0.140. The van der Waals surface area contributed by atoms with Crippen molar-refractivity contribution in [1.29, 1.82) is 0 Å². The van der Waals surface area contributed by atoms with Crippen molar-refractivity contribution in [2.24, 2.45) is 0 Å². The van der Waals surface area contributed by atoms with E-state index in [0.29, 0.717) is 34.8 Å². The smallest absolute Gasteiger partial charge is 0.264 e. The van der Waals surface area contributed by atoms with Crippen LogP contribution < -0.4 is 9.62 Å². The van der Waals surface area contributed by atoms with E-state index >= 15 is 0 Å². The summed E-state index contributed by atoms with van der Waals surface area (Å²) < 4.78 is 42.2. The van der Waals surface area contributed by atoms with Crippen LogP contribution in [-0.2, 0) is 26.2 Å². The van der Waals surface area contributed by atoms with E-state index in [1.165, 1.54) is 41.3 Å². The minimum Gasteiger partial charge on any atom is -0.355 e. The fourth-order valence-corrected chi connectivity index (χ4v) is 5.86. The molecule has 2 amide bonds. The molecule has 38 heavy (non-hydrogen) atoms. The average molecular weight is 560 g/mol. The SMILES string of the molecule is CCNC(=O)[C@@H](CC)N(Cc1ccc(F)cc1)C(=O)CN(c1ccc(Cl)cc1C)S(=O)(=O)c1ccccc1. The second-order valence-electron chi connectivity index (χ2n) is 8.72. The van der Waals surface area contributed by atoms with Gasteiger partial charge in [-0.05, 0) is 73.9 Å². The zero-order valence-corrected chi connectivity index (χ0v) is 23.1. The predicted octanol–water partition coefficient (Wildman–Crippen LogP) is 4.93. The van der Waals surface area contributed by atoms with Gasteiger partial charge in [-0.1, -0.05) is 48.9 Å². The zero-order valence-electron chi connectivity index (χ0n) is 21.5. The van der Waals surface area contributed by atoms with Crippen molar-refractivity contribution >= 4 is 39.1 Å². The van der Waals surface area contributed by atoms with Crippen molar-refractivity contribution in [3.05, 3.63) is 94.8 Å². The molecule has 0 aliphatic rings. The van der Waals surface area contributed by atoms with Gasteiger partial charge >= 0.3 is 0 Å². The highest BCUT2D eigenvalue weighted by molar-refractivity contribution is 7.92. The van der Waals surface area contributed by atoms with Gasteiger partial charge < -0.3 is 10.2 Å². The third-order valence-corrected chi connectivity index (χ3v) is 8.05. The fraction of sp³-hybridized carbons (Fsp3) is 0.286. The third-order valence-electron chi connectivity index (χ3n) is 6.04. The number of amides is 2. The number of nitrogens with zero attached hydrogens (tertiary/aromatic N) is 2. The van der Waals surface area contributed by atoms with Crippen LogP contribution in [0.2, 0.25) is 5.02 Å². The lowest BCUT2D eigenvalue weighted by Crippen LogP contribution is -2.52. The molecule has 3 aromatic rings. The molecule has 0 aliphatic carbocycles. The Labute approximate surface area is 228 Å². The van der Waals surface area contributed by atoms with Crippen molar-refractivity contribution in [2.45, 2.75) is 44.7 Å². The number of carbonyl (C=O) groups excluding carboxylic acids is 2. The highest BCUT2D eigenvalue weighted by Gasteiger charge is 2.34. The van der Waals surface area contributed by atoms with E-state index in [4.69, 9.17) is 11.6 Å². The molecule has 0 heterocycles. The molecule has 202 valence electrons. The van der Waals surface area contributed by atoms with Gasteiger partial charge in [0.15, 0.2) is 0 Å². The van der Waals surface area contributed by atoms with Gasteiger partial charge in [0, 0.05) is 18.1 Å². The van der Waals surface area contributed by atoms with E-state index in [0.717, 1.165) is 4.31 Å². The van der Waals surface area contributed by atoms with E-state index in [2.05, 4.69) is 5.32 Å². The number of halogens is 2. The number of benzene rings is 3. The summed E-state index contributed by atoms with van der Waals surface area (Å²) in [5.74, 6) is -1.37. The molecule has 1 N–H and O–H groups in total. The first-order chi connectivity index (χ1) is 18.1. The molecule has 0 bridgehead atoms. The highest BCUT2D eigenvalue weighted by Crippen LogP contribution is 2.29. The van der Waals surface area contributed by atoms with Crippen LogP contribution in [0.25, 0.3) is 0 Å². The summed E-state index contributed by atoms with van der Waals surface area (Å²) in [7, 11) is -4.17. The van der Waals surface area contributed by atoms with Gasteiger partial charge in [-0.15, -0.1) is 0 Å². The van der Waals surface area contributed by atoms with Gasteiger partial charge in [0.1, 0.15) is 18.4 Å². The monoisotopic (exact) mass is 559 g/mol. The van der Waals surface area contributed by atoms with Crippen molar-refractivity contribution < 1.29 is 22.4 Å². The molecule has 3 rings (SSSR count). The second kappa shape index (κ2) is 12.9. The quantitative estimate of drug-likeness (QED) is 0.361. The van der Waals surface area contributed by atoms with Crippen LogP contribution in [0.3, 0.4) is 0 Å². The highest BCUT2D eigenvalue weighted by atomic mass is 35.5. The largest absolute Gasteiger partial charge is 0.355 e. The molecule has 0 saturated heterocycles.